The summed E-state index contributed by atoms with van der Waals surface area (Å²) < 4.78 is 0. The molecular weight excluding hydrogens is 272 g/mol. The number of piperazine rings is 1. The molecule has 1 atom stereocenters. The molecule has 1 aliphatic heterocycles. The van der Waals surface area contributed by atoms with Gasteiger partial charge in [0.1, 0.15) is 0 Å². The molecule has 1 unspecified atom stereocenters. The molecular formula is C14H20N4O3. The zero-order chi connectivity index (χ0) is 15.4. The van der Waals surface area contributed by atoms with Gasteiger partial charge in [0.15, 0.2) is 0 Å². The summed E-state index contributed by atoms with van der Waals surface area (Å²) in [4.78, 5) is 26.1. The Morgan fingerprint density at radius 2 is 1.86 bits per heavy atom. The van der Waals surface area contributed by atoms with E-state index >= 15 is 0 Å². The number of nitrogens with two attached hydrogens (primary N) is 1. The highest BCUT2D eigenvalue weighted by Gasteiger charge is 2.24. The number of hydrogen-bond donors (Lipinski definition) is 1. The number of anilines is 1. The summed E-state index contributed by atoms with van der Waals surface area (Å²) in [6.07, 6.45) is 0.640. The van der Waals surface area contributed by atoms with Gasteiger partial charge in [0.05, 0.1) is 11.0 Å². The molecule has 2 N–H and O–H groups in total. The van der Waals surface area contributed by atoms with Gasteiger partial charge < -0.3 is 15.5 Å². The number of hydrogen-bond acceptors (Lipinski definition) is 5. The van der Waals surface area contributed by atoms with Gasteiger partial charge in [-0.3, -0.25) is 14.9 Å². The summed E-state index contributed by atoms with van der Waals surface area (Å²) in [6, 6.07) is 6.07. The maximum absolute atomic E-state index is 12.0. The molecule has 21 heavy (non-hydrogen) atoms. The predicted octanol–water partition coefficient (Wildman–Crippen LogP) is 0.981. The number of benzene rings is 1. The number of carbonyl (C=O) groups excluding carboxylic acids is 1. The first-order valence-corrected chi connectivity index (χ1v) is 7.06. The van der Waals surface area contributed by atoms with Crippen LogP contribution in [0.1, 0.15) is 13.3 Å². The highest BCUT2D eigenvalue weighted by atomic mass is 16.6. The summed E-state index contributed by atoms with van der Waals surface area (Å²) in [5.74, 6) is 0.000787. The van der Waals surface area contributed by atoms with Gasteiger partial charge in [0.25, 0.3) is 5.69 Å². The first-order chi connectivity index (χ1) is 10.0. The third kappa shape index (κ3) is 3.49. The molecule has 0 bridgehead atoms. The van der Waals surface area contributed by atoms with Gasteiger partial charge in [0.2, 0.25) is 5.91 Å². The maximum atomic E-state index is 12.0. The van der Waals surface area contributed by atoms with Crippen molar-refractivity contribution in [1.29, 1.82) is 0 Å². The fraction of sp³-hybridized carbons (Fsp3) is 0.500. The first kappa shape index (κ1) is 15.2. The van der Waals surface area contributed by atoms with Crippen LogP contribution < -0.4 is 10.6 Å². The Balaban J connectivity index is 1.94. The Kier molecular flexibility index (Phi) is 4.74. The van der Waals surface area contributed by atoms with Crippen molar-refractivity contribution in [2.24, 2.45) is 5.73 Å². The van der Waals surface area contributed by atoms with E-state index in [4.69, 9.17) is 5.73 Å². The van der Waals surface area contributed by atoms with Crippen LogP contribution in [0, 0.1) is 10.1 Å². The highest BCUT2D eigenvalue weighted by Crippen LogP contribution is 2.20. The lowest BCUT2D eigenvalue weighted by atomic mass is 10.2. The van der Waals surface area contributed by atoms with Gasteiger partial charge in [-0.25, -0.2) is 0 Å². The van der Waals surface area contributed by atoms with E-state index in [1.54, 1.807) is 17.0 Å². The zero-order valence-corrected chi connectivity index (χ0v) is 12.1. The quantitative estimate of drug-likeness (QED) is 0.659. The first-order valence-electron chi connectivity index (χ1n) is 7.06. The molecule has 1 aromatic carbocycles. The minimum absolute atomic E-state index is 0.000787. The molecule has 1 amide bonds. The Hall–Kier alpha value is -2.15. The van der Waals surface area contributed by atoms with Crippen LogP contribution in [0.5, 0.6) is 0 Å². The molecule has 1 saturated heterocycles. The molecule has 114 valence electrons. The summed E-state index contributed by atoms with van der Waals surface area (Å²) in [5.41, 5.74) is 6.79. The maximum Gasteiger partial charge on any atom is 0.269 e. The average Bonchev–Trinajstić information content (AvgIpc) is 2.53. The Morgan fingerprint density at radius 1 is 1.29 bits per heavy atom. The van der Waals surface area contributed by atoms with Gasteiger partial charge in [-0.05, 0) is 18.6 Å². The van der Waals surface area contributed by atoms with Gasteiger partial charge in [0, 0.05) is 44.0 Å². The van der Waals surface area contributed by atoms with E-state index in [0.29, 0.717) is 32.6 Å². The third-order valence-corrected chi connectivity index (χ3v) is 3.77. The zero-order valence-electron chi connectivity index (χ0n) is 12.1. The summed E-state index contributed by atoms with van der Waals surface area (Å²) in [7, 11) is 0. The Labute approximate surface area is 123 Å². The van der Waals surface area contributed by atoms with Crippen LogP contribution in [-0.2, 0) is 4.79 Å². The van der Waals surface area contributed by atoms with Crippen LogP contribution in [0.3, 0.4) is 0 Å². The van der Waals surface area contributed by atoms with E-state index in [9.17, 15) is 14.9 Å². The monoisotopic (exact) mass is 292 g/mol. The van der Waals surface area contributed by atoms with E-state index in [-0.39, 0.29) is 11.6 Å². The number of amides is 1. The molecule has 1 aromatic rings. The minimum Gasteiger partial charge on any atom is -0.368 e. The lowest BCUT2D eigenvalue weighted by molar-refractivity contribution is -0.384. The molecule has 0 spiro atoms. The molecule has 0 aliphatic carbocycles. The second-order valence-corrected chi connectivity index (χ2v) is 5.10. The highest BCUT2D eigenvalue weighted by molar-refractivity contribution is 5.81. The van der Waals surface area contributed by atoms with Crippen molar-refractivity contribution in [1.82, 2.24) is 4.90 Å². The van der Waals surface area contributed by atoms with Gasteiger partial charge in [-0.15, -0.1) is 0 Å². The van der Waals surface area contributed by atoms with Gasteiger partial charge in [-0.2, -0.15) is 0 Å². The molecule has 7 nitrogen and oxygen atoms in total. The number of non-ortho nitro benzene ring substituents is 1. The van der Waals surface area contributed by atoms with E-state index in [1.807, 2.05) is 6.92 Å². The van der Waals surface area contributed by atoms with Crippen molar-refractivity contribution in [3.05, 3.63) is 34.4 Å². The largest absolute Gasteiger partial charge is 0.368 e. The van der Waals surface area contributed by atoms with Crippen molar-refractivity contribution >= 4 is 17.3 Å². The summed E-state index contributed by atoms with van der Waals surface area (Å²) >= 11 is 0. The van der Waals surface area contributed by atoms with E-state index < -0.39 is 11.0 Å². The molecule has 0 radical (unpaired) electrons. The number of rotatable bonds is 4. The molecule has 1 heterocycles. The molecule has 1 fully saturated rings. The number of nitro benzene ring substituents is 1. The van der Waals surface area contributed by atoms with Gasteiger partial charge in [-0.1, -0.05) is 6.92 Å². The Morgan fingerprint density at radius 3 is 2.33 bits per heavy atom. The predicted molar refractivity (Wildman–Crippen MR) is 80.2 cm³/mol. The van der Waals surface area contributed by atoms with Crippen LogP contribution in [0.15, 0.2) is 24.3 Å². The smallest absolute Gasteiger partial charge is 0.269 e. The molecule has 2 rings (SSSR count). The normalized spacial score (nSPS) is 16.7. The van der Waals surface area contributed by atoms with Crippen molar-refractivity contribution in [2.45, 2.75) is 19.4 Å². The van der Waals surface area contributed by atoms with Crippen LogP contribution in [-0.4, -0.2) is 48.0 Å². The molecule has 1 aliphatic rings. The van der Waals surface area contributed by atoms with Crippen molar-refractivity contribution in [3.63, 3.8) is 0 Å². The topological polar surface area (TPSA) is 92.7 Å². The van der Waals surface area contributed by atoms with E-state index in [2.05, 4.69) is 4.90 Å². The van der Waals surface area contributed by atoms with Crippen LogP contribution in [0.4, 0.5) is 11.4 Å². The van der Waals surface area contributed by atoms with Crippen molar-refractivity contribution in [2.75, 3.05) is 31.1 Å². The number of nitro groups is 1. The minimum atomic E-state index is -0.420. The van der Waals surface area contributed by atoms with Crippen molar-refractivity contribution < 1.29 is 9.72 Å². The Bertz CT molecular complexity index is 509. The summed E-state index contributed by atoms with van der Waals surface area (Å²) in [6.45, 7) is 4.57. The van der Waals surface area contributed by atoms with E-state index in [0.717, 1.165) is 5.69 Å². The number of carbonyl (C=O) groups is 1. The van der Waals surface area contributed by atoms with Crippen LogP contribution in [0.2, 0.25) is 0 Å². The van der Waals surface area contributed by atoms with Crippen molar-refractivity contribution in [3.8, 4) is 0 Å². The van der Waals surface area contributed by atoms with Crippen LogP contribution in [0.25, 0.3) is 0 Å². The second-order valence-electron chi connectivity index (χ2n) is 5.10. The fourth-order valence-corrected chi connectivity index (χ4v) is 2.38. The summed E-state index contributed by atoms with van der Waals surface area (Å²) in [5, 5.41) is 10.6. The lowest BCUT2D eigenvalue weighted by Gasteiger charge is -2.37. The lowest BCUT2D eigenvalue weighted by Crippen LogP contribution is -2.53. The van der Waals surface area contributed by atoms with Crippen LogP contribution >= 0.6 is 0 Å². The fourth-order valence-electron chi connectivity index (χ4n) is 2.38. The third-order valence-electron chi connectivity index (χ3n) is 3.77. The molecule has 7 heteroatoms. The number of nitrogens with zero attached hydrogens (tertiary/aromatic N) is 3. The standard InChI is InChI=1S/C14H20N4O3/c1-2-13(15)14(19)17-9-7-16(8-10-17)11-3-5-12(6-4-11)18(20)21/h3-6,13H,2,7-10,15H2,1H3. The molecule has 0 aromatic heterocycles. The van der Waals surface area contributed by atoms with E-state index in [1.165, 1.54) is 12.1 Å². The average molecular weight is 292 g/mol. The second kappa shape index (κ2) is 6.53. The molecule has 0 saturated carbocycles. The van der Waals surface area contributed by atoms with Gasteiger partial charge >= 0.3 is 0 Å². The SMILES string of the molecule is CCC(N)C(=O)N1CCN(c2ccc([N+](=O)[O-])cc2)CC1.